The van der Waals surface area contributed by atoms with Crippen molar-refractivity contribution in [3.05, 3.63) is 11.2 Å². The van der Waals surface area contributed by atoms with Gasteiger partial charge in [-0.1, -0.05) is 34.2 Å². The van der Waals surface area contributed by atoms with Gasteiger partial charge in [0, 0.05) is 6.08 Å². The summed E-state index contributed by atoms with van der Waals surface area (Å²) in [5.74, 6) is 0.921. The van der Waals surface area contributed by atoms with Gasteiger partial charge in [-0.3, -0.25) is 4.99 Å². The topological polar surface area (TPSA) is 28.0 Å². The maximum atomic E-state index is 5.68. The van der Waals surface area contributed by atoms with Gasteiger partial charge in [-0.2, -0.15) is 0 Å². The van der Waals surface area contributed by atoms with E-state index in [0.29, 0.717) is 9.20 Å². The summed E-state index contributed by atoms with van der Waals surface area (Å²) in [7, 11) is 0. The Hall–Kier alpha value is -0.100. The Labute approximate surface area is 83.0 Å². The molecule has 0 aromatic heterocycles. The number of rotatable bonds is 0. The highest BCUT2D eigenvalue weighted by molar-refractivity contribution is 14.1. The number of nitrogens with zero attached hydrogens (tertiary/aromatic N) is 3. The quantitative estimate of drug-likeness (QED) is 0.376. The molecule has 3 nitrogen and oxygen atoms in total. The predicted molar refractivity (Wildman–Crippen MR) is 54.4 cm³/mol. The van der Waals surface area contributed by atoms with Crippen molar-refractivity contribution in [2.24, 2.45) is 9.98 Å². The van der Waals surface area contributed by atoms with Crippen molar-refractivity contribution in [3.63, 3.8) is 0 Å². The second kappa shape index (κ2) is 2.75. The second-order valence-corrected chi connectivity index (χ2v) is 4.08. The van der Waals surface area contributed by atoms with E-state index < -0.39 is 0 Å². The summed E-state index contributed by atoms with van der Waals surface area (Å²) >= 11 is 8.01. The lowest BCUT2D eigenvalue weighted by atomic mass is 10.4. The van der Waals surface area contributed by atoms with Crippen LogP contribution in [0.2, 0.25) is 0 Å². The zero-order chi connectivity index (χ0) is 7.84. The molecule has 11 heavy (non-hydrogen) atoms. The average Bonchev–Trinajstić information content (AvgIpc) is 2.32. The molecule has 0 N–H and O–H groups in total. The van der Waals surface area contributed by atoms with Gasteiger partial charge >= 0.3 is 0 Å². The zero-order valence-electron chi connectivity index (χ0n) is 5.54. The number of halogens is 2. The maximum Gasteiger partial charge on any atom is 0.134 e. The van der Waals surface area contributed by atoms with Crippen LogP contribution in [-0.4, -0.2) is 27.7 Å². The SMILES string of the molecule is ClC1=CC2=NCC(I)N2C=N1. The Morgan fingerprint density at radius 3 is 3.36 bits per heavy atom. The molecule has 58 valence electrons. The molecule has 1 unspecified atom stereocenters. The molecule has 0 radical (unpaired) electrons. The van der Waals surface area contributed by atoms with E-state index in [-0.39, 0.29) is 0 Å². The highest BCUT2D eigenvalue weighted by Crippen LogP contribution is 2.20. The van der Waals surface area contributed by atoms with Crippen molar-refractivity contribution in [3.8, 4) is 0 Å². The van der Waals surface area contributed by atoms with Gasteiger partial charge in [0.25, 0.3) is 0 Å². The van der Waals surface area contributed by atoms with Crippen LogP contribution >= 0.6 is 34.2 Å². The van der Waals surface area contributed by atoms with Crippen molar-refractivity contribution in [1.82, 2.24) is 4.90 Å². The molecule has 0 saturated heterocycles. The molecule has 0 spiro atoms. The molecule has 5 heteroatoms. The number of fused-ring (bicyclic) bond motifs is 1. The Bertz CT molecular complexity index is 271. The van der Waals surface area contributed by atoms with Crippen LogP contribution in [0.5, 0.6) is 0 Å². The summed E-state index contributed by atoms with van der Waals surface area (Å²) in [5, 5.41) is 0.505. The summed E-state index contributed by atoms with van der Waals surface area (Å²) in [6, 6.07) is 0. The molecule has 0 bridgehead atoms. The summed E-state index contributed by atoms with van der Waals surface area (Å²) in [4.78, 5) is 10.2. The summed E-state index contributed by atoms with van der Waals surface area (Å²) in [5.41, 5.74) is 0. The van der Waals surface area contributed by atoms with E-state index in [2.05, 4.69) is 32.6 Å². The van der Waals surface area contributed by atoms with Crippen LogP contribution in [0.1, 0.15) is 0 Å². The minimum Gasteiger partial charge on any atom is -0.303 e. The lowest BCUT2D eigenvalue weighted by molar-refractivity contribution is 0.657. The summed E-state index contributed by atoms with van der Waals surface area (Å²) in [6.45, 7) is 0.822. The van der Waals surface area contributed by atoms with Gasteiger partial charge in [0.15, 0.2) is 0 Å². The van der Waals surface area contributed by atoms with E-state index >= 15 is 0 Å². The fourth-order valence-electron chi connectivity index (χ4n) is 0.995. The summed E-state index contributed by atoms with van der Waals surface area (Å²) < 4.78 is 0.396. The molecule has 0 aromatic rings. The number of alkyl halides is 1. The molecular weight excluding hydrogens is 276 g/mol. The van der Waals surface area contributed by atoms with E-state index in [1.165, 1.54) is 0 Å². The molecule has 2 aliphatic rings. The fraction of sp³-hybridized carbons (Fsp3) is 0.333. The standard InChI is InChI=1S/C6H5ClIN3/c7-4-1-6-9-2-5(8)11(6)3-10-4/h1,3,5H,2H2. The lowest BCUT2D eigenvalue weighted by Crippen LogP contribution is -2.31. The third-order valence-electron chi connectivity index (χ3n) is 1.52. The highest BCUT2D eigenvalue weighted by Gasteiger charge is 2.24. The van der Waals surface area contributed by atoms with Crippen molar-refractivity contribution >= 4 is 46.4 Å². The van der Waals surface area contributed by atoms with Crippen LogP contribution in [-0.2, 0) is 0 Å². The van der Waals surface area contributed by atoms with Crippen LogP contribution in [0.25, 0.3) is 0 Å². The van der Waals surface area contributed by atoms with Crippen LogP contribution in [0.3, 0.4) is 0 Å². The van der Waals surface area contributed by atoms with Gasteiger partial charge in [0.05, 0.1) is 12.9 Å². The maximum absolute atomic E-state index is 5.68. The van der Waals surface area contributed by atoms with Crippen molar-refractivity contribution < 1.29 is 0 Å². The molecule has 0 amide bonds. The molecule has 0 saturated carbocycles. The zero-order valence-corrected chi connectivity index (χ0v) is 8.45. The lowest BCUT2D eigenvalue weighted by Gasteiger charge is -2.19. The smallest absolute Gasteiger partial charge is 0.134 e. The molecule has 0 aromatic carbocycles. The molecule has 0 aliphatic carbocycles. The number of hydrogen-bond acceptors (Lipinski definition) is 3. The van der Waals surface area contributed by atoms with Crippen molar-refractivity contribution in [1.29, 1.82) is 0 Å². The summed E-state index contributed by atoms with van der Waals surface area (Å²) in [6.07, 6.45) is 3.51. The largest absolute Gasteiger partial charge is 0.303 e. The fourth-order valence-corrected chi connectivity index (χ4v) is 1.76. The number of amidine groups is 1. The van der Waals surface area contributed by atoms with Crippen molar-refractivity contribution in [2.75, 3.05) is 6.54 Å². The van der Waals surface area contributed by atoms with Crippen LogP contribution < -0.4 is 0 Å². The van der Waals surface area contributed by atoms with Gasteiger partial charge in [-0.25, -0.2) is 4.99 Å². The van der Waals surface area contributed by atoms with Crippen LogP contribution in [0.15, 0.2) is 21.2 Å². The minimum atomic E-state index is 0.396. The van der Waals surface area contributed by atoms with E-state index in [1.54, 1.807) is 12.4 Å². The predicted octanol–water partition coefficient (Wildman–Crippen LogP) is 1.58. The van der Waals surface area contributed by atoms with Gasteiger partial charge in [-0.15, -0.1) is 0 Å². The first-order valence-electron chi connectivity index (χ1n) is 3.15. The number of aliphatic imine (C=N–C) groups is 2. The van der Waals surface area contributed by atoms with E-state index in [4.69, 9.17) is 11.6 Å². The third-order valence-corrected chi connectivity index (χ3v) is 2.72. The van der Waals surface area contributed by atoms with E-state index in [1.807, 2.05) is 4.90 Å². The Morgan fingerprint density at radius 1 is 1.73 bits per heavy atom. The number of hydrogen-bond donors (Lipinski definition) is 0. The monoisotopic (exact) mass is 281 g/mol. The first-order valence-corrected chi connectivity index (χ1v) is 4.78. The molecule has 2 heterocycles. The molecule has 1 atom stereocenters. The Balaban J connectivity index is 2.31. The van der Waals surface area contributed by atoms with E-state index in [9.17, 15) is 0 Å². The Kier molecular flexibility index (Phi) is 1.88. The normalized spacial score (nSPS) is 28.2. The molecular formula is C6H5ClIN3. The van der Waals surface area contributed by atoms with Crippen LogP contribution in [0.4, 0.5) is 0 Å². The van der Waals surface area contributed by atoms with E-state index in [0.717, 1.165) is 12.4 Å². The van der Waals surface area contributed by atoms with Gasteiger partial charge in [-0.05, 0) is 0 Å². The third kappa shape index (κ3) is 1.29. The molecule has 2 rings (SSSR count). The van der Waals surface area contributed by atoms with Gasteiger partial charge < -0.3 is 4.90 Å². The van der Waals surface area contributed by atoms with Gasteiger partial charge in [0.2, 0.25) is 0 Å². The van der Waals surface area contributed by atoms with Crippen LogP contribution in [0, 0.1) is 0 Å². The first-order chi connectivity index (χ1) is 5.27. The Morgan fingerprint density at radius 2 is 2.55 bits per heavy atom. The first kappa shape index (κ1) is 7.54. The highest BCUT2D eigenvalue weighted by atomic mass is 127. The molecule has 0 fully saturated rings. The average molecular weight is 281 g/mol. The molecule has 2 aliphatic heterocycles. The van der Waals surface area contributed by atoms with Crippen molar-refractivity contribution in [2.45, 2.75) is 4.05 Å². The minimum absolute atomic E-state index is 0.396. The second-order valence-electron chi connectivity index (χ2n) is 2.25. The van der Waals surface area contributed by atoms with Gasteiger partial charge in [0.1, 0.15) is 15.0 Å².